The minimum atomic E-state index is -2.75. The molecule has 5 heterocycles. The normalized spacial score (nSPS) is 14.2. The molecule has 13 heteroatoms. The monoisotopic (exact) mass is 535 g/mol. The summed E-state index contributed by atoms with van der Waals surface area (Å²) in [7, 11) is 0. The molecule has 6 rings (SSSR count). The van der Waals surface area contributed by atoms with Crippen LogP contribution in [0.3, 0.4) is 0 Å². The average Bonchev–Trinajstić information content (AvgIpc) is 3.46. The number of aliphatic hydroxyl groups is 1. The van der Waals surface area contributed by atoms with Crippen LogP contribution in [0.25, 0.3) is 22.7 Å². The van der Waals surface area contributed by atoms with Gasteiger partial charge in [-0.05, 0) is 44.5 Å². The van der Waals surface area contributed by atoms with E-state index in [1.807, 2.05) is 6.07 Å². The number of hydrogen-bond acceptors (Lipinski definition) is 8. The zero-order valence-electron chi connectivity index (χ0n) is 21.1. The molecule has 1 atom stereocenters. The Kier molecular flexibility index (Phi) is 6.14. The molecule has 2 N–H and O–H groups in total. The standard InChI is InChI=1S/C26H24F3N9O/c1-14-8-21(25(28)29)35-38(14)26-17(15(2)39)4-5-24(33-26)37-13-30-20-11-19(18(27)10-22(20)37)32-23-9-16(12-31-34-23)36-6-3-7-36/h4-5,8-13,15,25,39H,3,6-7H2,1-2H3,(H,32,34). The first-order valence-electron chi connectivity index (χ1n) is 12.3. The molecule has 39 heavy (non-hydrogen) atoms. The van der Waals surface area contributed by atoms with E-state index in [9.17, 15) is 13.9 Å². The van der Waals surface area contributed by atoms with Gasteiger partial charge in [0, 0.05) is 36.5 Å². The number of nitrogens with one attached hydrogen (secondary N) is 1. The quantitative estimate of drug-likeness (QED) is 0.306. The minimum absolute atomic E-state index is 0.188. The van der Waals surface area contributed by atoms with Crippen molar-refractivity contribution >= 4 is 28.2 Å². The van der Waals surface area contributed by atoms with E-state index in [4.69, 9.17) is 0 Å². The van der Waals surface area contributed by atoms with Gasteiger partial charge < -0.3 is 15.3 Å². The lowest BCUT2D eigenvalue weighted by Gasteiger charge is -2.32. The zero-order valence-corrected chi connectivity index (χ0v) is 21.1. The lowest BCUT2D eigenvalue weighted by Crippen LogP contribution is -2.37. The highest BCUT2D eigenvalue weighted by Gasteiger charge is 2.21. The van der Waals surface area contributed by atoms with Crippen molar-refractivity contribution in [2.24, 2.45) is 0 Å². The molecule has 1 saturated heterocycles. The number of hydrogen-bond donors (Lipinski definition) is 2. The highest BCUT2D eigenvalue weighted by Crippen LogP contribution is 2.30. The number of anilines is 3. The molecule has 1 aliphatic heterocycles. The predicted molar refractivity (Wildman–Crippen MR) is 138 cm³/mol. The minimum Gasteiger partial charge on any atom is -0.389 e. The van der Waals surface area contributed by atoms with Gasteiger partial charge in [-0.15, -0.1) is 5.10 Å². The molecular weight excluding hydrogens is 511 g/mol. The molecule has 200 valence electrons. The summed E-state index contributed by atoms with van der Waals surface area (Å²) in [4.78, 5) is 11.2. The second-order valence-corrected chi connectivity index (χ2v) is 9.38. The Bertz CT molecular complexity index is 1680. The van der Waals surface area contributed by atoms with Crippen molar-refractivity contribution in [1.29, 1.82) is 0 Å². The summed E-state index contributed by atoms with van der Waals surface area (Å²) in [6.45, 7) is 5.07. The van der Waals surface area contributed by atoms with Crippen molar-refractivity contribution < 1.29 is 18.3 Å². The van der Waals surface area contributed by atoms with Crippen LogP contribution in [0.1, 0.15) is 42.8 Å². The number of alkyl halides is 2. The Morgan fingerprint density at radius 3 is 2.62 bits per heavy atom. The molecule has 1 fully saturated rings. The lowest BCUT2D eigenvalue weighted by atomic mass is 10.1. The van der Waals surface area contributed by atoms with Gasteiger partial charge in [-0.1, -0.05) is 0 Å². The highest BCUT2D eigenvalue weighted by molar-refractivity contribution is 5.82. The summed E-state index contributed by atoms with van der Waals surface area (Å²) in [6.07, 6.45) is 0.598. The van der Waals surface area contributed by atoms with Gasteiger partial charge in [0.2, 0.25) is 0 Å². The van der Waals surface area contributed by atoms with Gasteiger partial charge in [-0.2, -0.15) is 10.2 Å². The van der Waals surface area contributed by atoms with Gasteiger partial charge >= 0.3 is 0 Å². The number of imidazole rings is 1. The number of aryl methyl sites for hydroxylation is 1. The Morgan fingerprint density at radius 1 is 1.10 bits per heavy atom. The number of benzene rings is 1. The molecule has 0 amide bonds. The van der Waals surface area contributed by atoms with E-state index in [2.05, 4.69) is 35.5 Å². The maximum absolute atomic E-state index is 15.3. The van der Waals surface area contributed by atoms with E-state index in [0.29, 0.717) is 33.9 Å². The van der Waals surface area contributed by atoms with E-state index >= 15 is 4.39 Å². The van der Waals surface area contributed by atoms with Crippen molar-refractivity contribution in [1.82, 2.24) is 34.5 Å². The Hall–Kier alpha value is -4.52. The molecule has 0 aliphatic carbocycles. The number of aromatic nitrogens is 7. The third-order valence-electron chi connectivity index (χ3n) is 6.68. The van der Waals surface area contributed by atoms with Crippen LogP contribution >= 0.6 is 0 Å². The summed E-state index contributed by atoms with van der Waals surface area (Å²) in [5, 5.41) is 25.4. The van der Waals surface area contributed by atoms with Crippen LogP contribution in [0.4, 0.5) is 30.4 Å². The number of pyridine rings is 1. The number of aliphatic hydroxyl groups excluding tert-OH is 1. The van der Waals surface area contributed by atoms with E-state index in [1.54, 1.807) is 42.8 Å². The predicted octanol–water partition coefficient (Wildman–Crippen LogP) is 4.79. The van der Waals surface area contributed by atoms with Crippen molar-refractivity contribution in [2.75, 3.05) is 23.3 Å². The van der Waals surface area contributed by atoms with E-state index in [0.717, 1.165) is 25.2 Å². The molecule has 0 bridgehead atoms. The number of nitrogens with zero attached hydrogens (tertiary/aromatic N) is 8. The molecule has 1 unspecified atom stereocenters. The van der Waals surface area contributed by atoms with E-state index < -0.39 is 24.0 Å². The summed E-state index contributed by atoms with van der Waals surface area (Å²) in [5.41, 5.74) is 2.46. The third-order valence-corrected chi connectivity index (χ3v) is 6.68. The second-order valence-electron chi connectivity index (χ2n) is 9.38. The average molecular weight is 536 g/mol. The number of halogens is 3. The van der Waals surface area contributed by atoms with Crippen molar-refractivity contribution in [3.63, 3.8) is 0 Å². The van der Waals surface area contributed by atoms with Crippen LogP contribution in [0.2, 0.25) is 0 Å². The SMILES string of the molecule is Cc1cc(C(F)F)nn1-c1nc(-n2cnc3cc(Nc4cc(N5CCC5)cnn4)c(F)cc32)ccc1C(C)O. The zero-order chi connectivity index (χ0) is 27.3. The van der Waals surface area contributed by atoms with Crippen molar-refractivity contribution in [3.05, 3.63) is 71.7 Å². The van der Waals surface area contributed by atoms with Gasteiger partial charge in [0.05, 0.1) is 34.7 Å². The summed E-state index contributed by atoms with van der Waals surface area (Å²) >= 11 is 0. The van der Waals surface area contributed by atoms with Gasteiger partial charge in [0.15, 0.2) is 11.6 Å². The molecule has 10 nitrogen and oxygen atoms in total. The molecule has 0 radical (unpaired) electrons. The molecule has 4 aromatic heterocycles. The first kappa shape index (κ1) is 24.8. The van der Waals surface area contributed by atoms with Crippen LogP contribution in [-0.4, -0.2) is 52.7 Å². The fourth-order valence-electron chi connectivity index (χ4n) is 4.51. The molecule has 5 aromatic rings. The first-order valence-corrected chi connectivity index (χ1v) is 12.3. The fraction of sp³-hybridized carbons (Fsp3) is 0.269. The van der Waals surface area contributed by atoms with Gasteiger partial charge in [0.25, 0.3) is 6.43 Å². The van der Waals surface area contributed by atoms with Crippen molar-refractivity contribution in [3.8, 4) is 11.6 Å². The van der Waals surface area contributed by atoms with Crippen LogP contribution in [0.15, 0.2) is 48.9 Å². The Balaban J connectivity index is 1.37. The Morgan fingerprint density at radius 2 is 1.92 bits per heavy atom. The largest absolute Gasteiger partial charge is 0.389 e. The summed E-state index contributed by atoms with van der Waals surface area (Å²) < 4.78 is 44.7. The maximum Gasteiger partial charge on any atom is 0.282 e. The molecular formula is C26H24F3N9O. The summed E-state index contributed by atoms with van der Waals surface area (Å²) in [5.74, 6) is 0.410. The topological polar surface area (TPSA) is 110 Å². The van der Waals surface area contributed by atoms with E-state index in [1.165, 1.54) is 23.1 Å². The van der Waals surface area contributed by atoms with Crippen LogP contribution in [0, 0.1) is 12.7 Å². The lowest BCUT2D eigenvalue weighted by molar-refractivity contribution is 0.145. The van der Waals surface area contributed by atoms with Crippen LogP contribution in [0.5, 0.6) is 0 Å². The smallest absolute Gasteiger partial charge is 0.282 e. The Labute approximate surface area is 220 Å². The van der Waals surface area contributed by atoms with Crippen LogP contribution < -0.4 is 10.2 Å². The molecule has 1 aliphatic rings. The number of fused-ring (bicyclic) bond motifs is 1. The molecule has 0 spiro atoms. The van der Waals surface area contributed by atoms with Crippen molar-refractivity contribution in [2.45, 2.75) is 32.8 Å². The highest BCUT2D eigenvalue weighted by atomic mass is 19.3. The maximum atomic E-state index is 15.3. The van der Waals surface area contributed by atoms with Gasteiger partial charge in [-0.25, -0.2) is 27.8 Å². The molecule has 0 saturated carbocycles. The van der Waals surface area contributed by atoms with Gasteiger partial charge in [-0.3, -0.25) is 4.57 Å². The number of rotatable bonds is 7. The van der Waals surface area contributed by atoms with Gasteiger partial charge in [0.1, 0.15) is 23.7 Å². The molecule has 1 aromatic carbocycles. The first-order chi connectivity index (χ1) is 18.8. The fourth-order valence-corrected chi connectivity index (χ4v) is 4.51. The van der Waals surface area contributed by atoms with Crippen LogP contribution in [-0.2, 0) is 0 Å². The van der Waals surface area contributed by atoms with E-state index in [-0.39, 0.29) is 11.5 Å². The summed E-state index contributed by atoms with van der Waals surface area (Å²) in [6, 6.07) is 9.26. The third kappa shape index (κ3) is 4.54. The second kappa shape index (κ2) is 9.66.